The number of nitrogens with two attached hydrogens (primary N) is 1. The van der Waals surface area contributed by atoms with Crippen molar-refractivity contribution in [3.8, 4) is 0 Å². The second kappa shape index (κ2) is 6.85. The first-order valence-corrected chi connectivity index (χ1v) is 6.70. The molecule has 0 aromatic heterocycles. The van der Waals surface area contributed by atoms with Gasteiger partial charge in [-0.15, -0.1) is 0 Å². The summed E-state index contributed by atoms with van der Waals surface area (Å²) in [6.45, 7) is 1.91. The zero-order valence-electron chi connectivity index (χ0n) is 11.8. The highest BCUT2D eigenvalue weighted by molar-refractivity contribution is 5.94. The topological polar surface area (TPSA) is 67.2 Å². The van der Waals surface area contributed by atoms with Gasteiger partial charge in [-0.05, 0) is 55.3 Å². The largest absolute Gasteiger partial charge is 0.349 e. The van der Waals surface area contributed by atoms with E-state index in [4.69, 9.17) is 5.84 Å². The van der Waals surface area contributed by atoms with E-state index in [2.05, 4.69) is 10.7 Å². The van der Waals surface area contributed by atoms with Gasteiger partial charge < -0.3 is 10.7 Å². The van der Waals surface area contributed by atoms with Crippen molar-refractivity contribution in [3.05, 3.63) is 65.5 Å². The summed E-state index contributed by atoms with van der Waals surface area (Å²) in [6.07, 6.45) is 0.647. The molecule has 110 valence electrons. The summed E-state index contributed by atoms with van der Waals surface area (Å²) in [5, 5.41) is 2.91. The molecule has 21 heavy (non-hydrogen) atoms. The number of hydrogen-bond acceptors (Lipinski definition) is 3. The number of hydrogen-bond donors (Lipinski definition) is 3. The van der Waals surface area contributed by atoms with Gasteiger partial charge in [0, 0.05) is 17.3 Å². The number of carbonyl (C=O) groups is 1. The first-order valence-electron chi connectivity index (χ1n) is 6.70. The predicted octanol–water partition coefficient (Wildman–Crippen LogP) is 2.47. The lowest BCUT2D eigenvalue weighted by molar-refractivity contribution is 0.0940. The molecule has 0 heterocycles. The molecule has 2 aromatic rings. The van der Waals surface area contributed by atoms with E-state index < -0.39 is 0 Å². The first-order chi connectivity index (χ1) is 10.1. The molecule has 4 nitrogen and oxygen atoms in total. The zero-order valence-corrected chi connectivity index (χ0v) is 11.8. The molecule has 0 aliphatic heterocycles. The van der Waals surface area contributed by atoms with Crippen molar-refractivity contribution < 1.29 is 9.18 Å². The van der Waals surface area contributed by atoms with Gasteiger partial charge in [0.15, 0.2) is 0 Å². The molecule has 0 spiro atoms. The Balaban J connectivity index is 1.93. The molecule has 0 aliphatic rings. The Labute approximate surface area is 123 Å². The summed E-state index contributed by atoms with van der Waals surface area (Å²) >= 11 is 0. The molecule has 2 aromatic carbocycles. The Hall–Kier alpha value is -2.40. The molecule has 0 aliphatic carbocycles. The molecule has 5 heteroatoms. The van der Waals surface area contributed by atoms with E-state index in [-0.39, 0.29) is 17.8 Å². The molecule has 1 atom stereocenters. The fourth-order valence-corrected chi connectivity index (χ4v) is 2.05. The fraction of sp³-hybridized carbons (Fsp3) is 0.188. The highest BCUT2D eigenvalue weighted by Crippen LogP contribution is 2.09. The Morgan fingerprint density at radius 3 is 2.33 bits per heavy atom. The Bertz CT molecular complexity index is 596. The Morgan fingerprint density at radius 2 is 1.76 bits per heavy atom. The Kier molecular flexibility index (Phi) is 4.90. The number of anilines is 1. The van der Waals surface area contributed by atoms with E-state index in [0.717, 1.165) is 11.3 Å². The van der Waals surface area contributed by atoms with E-state index >= 15 is 0 Å². The number of halogens is 1. The van der Waals surface area contributed by atoms with Crippen molar-refractivity contribution >= 4 is 11.6 Å². The lowest BCUT2D eigenvalue weighted by Crippen LogP contribution is -2.34. The summed E-state index contributed by atoms with van der Waals surface area (Å²) in [7, 11) is 0. The van der Waals surface area contributed by atoms with E-state index in [1.54, 1.807) is 36.4 Å². The molecule has 4 N–H and O–H groups in total. The lowest BCUT2D eigenvalue weighted by Gasteiger charge is -2.14. The van der Waals surface area contributed by atoms with Gasteiger partial charge in [-0.1, -0.05) is 12.1 Å². The predicted molar refractivity (Wildman–Crippen MR) is 81.3 cm³/mol. The lowest BCUT2D eigenvalue weighted by atomic mass is 10.1. The third-order valence-electron chi connectivity index (χ3n) is 3.15. The van der Waals surface area contributed by atoms with Crippen LogP contribution in [-0.4, -0.2) is 11.9 Å². The average Bonchev–Trinajstić information content (AvgIpc) is 2.49. The minimum Gasteiger partial charge on any atom is -0.349 e. The van der Waals surface area contributed by atoms with Crippen molar-refractivity contribution in [2.24, 2.45) is 5.84 Å². The van der Waals surface area contributed by atoms with Crippen LogP contribution < -0.4 is 16.6 Å². The second-order valence-corrected chi connectivity index (χ2v) is 4.93. The number of benzene rings is 2. The number of rotatable bonds is 5. The maximum atomic E-state index is 12.8. The Morgan fingerprint density at radius 1 is 1.14 bits per heavy atom. The van der Waals surface area contributed by atoms with Gasteiger partial charge in [-0.3, -0.25) is 10.6 Å². The number of hydrazine groups is 1. The van der Waals surface area contributed by atoms with Crippen molar-refractivity contribution in [2.45, 2.75) is 19.4 Å². The van der Waals surface area contributed by atoms with E-state index in [0.29, 0.717) is 12.0 Å². The minimum atomic E-state index is -0.260. The fourth-order valence-electron chi connectivity index (χ4n) is 2.05. The second-order valence-electron chi connectivity index (χ2n) is 4.93. The quantitative estimate of drug-likeness (QED) is 0.584. The molecule has 2 rings (SSSR count). The van der Waals surface area contributed by atoms with E-state index in [1.807, 2.05) is 6.92 Å². The molecule has 0 fully saturated rings. The van der Waals surface area contributed by atoms with Crippen molar-refractivity contribution in [3.63, 3.8) is 0 Å². The van der Waals surface area contributed by atoms with Crippen LogP contribution in [0.25, 0.3) is 0 Å². The van der Waals surface area contributed by atoms with Gasteiger partial charge in [-0.2, -0.15) is 0 Å². The van der Waals surface area contributed by atoms with Crippen LogP contribution in [0.5, 0.6) is 0 Å². The summed E-state index contributed by atoms with van der Waals surface area (Å²) < 4.78 is 12.8. The van der Waals surface area contributed by atoms with Crippen molar-refractivity contribution in [2.75, 3.05) is 5.43 Å². The summed E-state index contributed by atoms with van der Waals surface area (Å²) in [5.74, 6) is 4.87. The van der Waals surface area contributed by atoms with Gasteiger partial charge in [-0.25, -0.2) is 4.39 Å². The van der Waals surface area contributed by atoms with Crippen molar-refractivity contribution in [1.82, 2.24) is 5.32 Å². The zero-order chi connectivity index (χ0) is 15.2. The van der Waals surface area contributed by atoms with Crippen LogP contribution in [0, 0.1) is 5.82 Å². The molecule has 0 bridgehead atoms. The molecule has 1 unspecified atom stereocenters. The number of amides is 1. The van der Waals surface area contributed by atoms with Gasteiger partial charge in [0.1, 0.15) is 5.82 Å². The van der Waals surface area contributed by atoms with E-state index in [1.165, 1.54) is 12.1 Å². The van der Waals surface area contributed by atoms with Crippen LogP contribution in [0.2, 0.25) is 0 Å². The molecule has 0 radical (unpaired) electrons. The summed E-state index contributed by atoms with van der Waals surface area (Å²) in [4.78, 5) is 12.1. The SMILES string of the molecule is CC(Cc1ccc(F)cc1)NC(=O)c1ccc(NN)cc1. The van der Waals surface area contributed by atoms with Gasteiger partial charge in [0.05, 0.1) is 0 Å². The standard InChI is InChI=1S/C16H18FN3O/c1-11(10-12-2-6-14(17)7-3-12)19-16(21)13-4-8-15(20-18)9-5-13/h2-9,11,20H,10,18H2,1H3,(H,19,21). The van der Waals surface area contributed by atoms with Gasteiger partial charge >= 0.3 is 0 Å². The molecule has 0 saturated heterocycles. The number of carbonyl (C=O) groups excluding carboxylic acids is 1. The minimum absolute atomic E-state index is 0.0460. The molecular formula is C16H18FN3O. The van der Waals surface area contributed by atoms with Gasteiger partial charge in [0.25, 0.3) is 5.91 Å². The van der Waals surface area contributed by atoms with Crippen LogP contribution in [-0.2, 0) is 6.42 Å². The van der Waals surface area contributed by atoms with Gasteiger partial charge in [0.2, 0.25) is 0 Å². The maximum Gasteiger partial charge on any atom is 0.251 e. The van der Waals surface area contributed by atoms with Crippen LogP contribution in [0.3, 0.4) is 0 Å². The third kappa shape index (κ3) is 4.29. The van der Waals surface area contributed by atoms with Crippen LogP contribution in [0.1, 0.15) is 22.8 Å². The highest BCUT2D eigenvalue weighted by Gasteiger charge is 2.10. The summed E-state index contributed by atoms with van der Waals surface area (Å²) in [5.41, 5.74) is 4.80. The van der Waals surface area contributed by atoms with Crippen LogP contribution >= 0.6 is 0 Å². The summed E-state index contributed by atoms with van der Waals surface area (Å²) in [6, 6.07) is 13.1. The number of nitrogens with one attached hydrogen (secondary N) is 2. The average molecular weight is 287 g/mol. The van der Waals surface area contributed by atoms with Crippen LogP contribution in [0.15, 0.2) is 48.5 Å². The first kappa shape index (κ1) is 15.0. The highest BCUT2D eigenvalue weighted by atomic mass is 19.1. The molecular weight excluding hydrogens is 269 g/mol. The van der Waals surface area contributed by atoms with Crippen LogP contribution in [0.4, 0.5) is 10.1 Å². The number of nitrogen functional groups attached to an aromatic ring is 1. The maximum absolute atomic E-state index is 12.8. The molecule has 0 saturated carbocycles. The normalized spacial score (nSPS) is 11.8. The third-order valence-corrected chi connectivity index (χ3v) is 3.15. The van der Waals surface area contributed by atoms with E-state index in [9.17, 15) is 9.18 Å². The smallest absolute Gasteiger partial charge is 0.251 e. The molecule has 1 amide bonds. The van der Waals surface area contributed by atoms with Crippen molar-refractivity contribution in [1.29, 1.82) is 0 Å². The monoisotopic (exact) mass is 287 g/mol.